The molecule has 0 bridgehead atoms. The molecular formula is C43H75NO4. The zero-order chi connectivity index (χ0) is 35.3. The van der Waals surface area contributed by atoms with Gasteiger partial charge in [0.1, 0.15) is 18.2 Å². The number of carbonyl (C=O) groups excluding carboxylic acids is 3. The summed E-state index contributed by atoms with van der Waals surface area (Å²) < 4.78 is 5.42. The molecule has 0 radical (unpaired) electrons. The second-order valence-electron chi connectivity index (χ2n) is 13.8. The predicted octanol–water partition coefficient (Wildman–Crippen LogP) is 11.9. The number of unbranched alkanes of at least 4 members (excludes halogenated alkanes) is 16. The van der Waals surface area contributed by atoms with Crippen LogP contribution in [0.4, 0.5) is 0 Å². The van der Waals surface area contributed by atoms with Gasteiger partial charge in [0, 0.05) is 19.3 Å². The molecule has 0 saturated carbocycles. The zero-order valence-electron chi connectivity index (χ0n) is 31.9. The van der Waals surface area contributed by atoms with Gasteiger partial charge >= 0.3 is 5.97 Å². The molecule has 48 heavy (non-hydrogen) atoms. The maximum Gasteiger partial charge on any atom is 0.320 e. The summed E-state index contributed by atoms with van der Waals surface area (Å²) in [5, 5.41) is 0. The number of ether oxygens (including phenoxy) is 1. The van der Waals surface area contributed by atoms with E-state index in [9.17, 15) is 14.4 Å². The van der Waals surface area contributed by atoms with Crippen molar-refractivity contribution in [2.75, 3.05) is 27.2 Å². The molecular weight excluding hydrogens is 594 g/mol. The van der Waals surface area contributed by atoms with Gasteiger partial charge in [-0.05, 0) is 91.1 Å². The molecule has 1 unspecified atom stereocenters. The largest absolute Gasteiger partial charge is 0.464 e. The Kier molecular flexibility index (Phi) is 34.3. The van der Waals surface area contributed by atoms with E-state index >= 15 is 0 Å². The number of Topliss-reactive ketones (excluding diaryl/α,β-unsaturated/α-hetero) is 2. The molecule has 0 aromatic carbocycles. The Hall–Kier alpha value is -2.27. The maximum absolute atomic E-state index is 13.1. The molecule has 5 heteroatoms. The first-order valence-electron chi connectivity index (χ1n) is 19.8. The third kappa shape index (κ3) is 33.6. The first-order chi connectivity index (χ1) is 23.4. The van der Waals surface area contributed by atoms with Gasteiger partial charge in [-0.15, -0.1) is 0 Å². The summed E-state index contributed by atoms with van der Waals surface area (Å²) in [6.45, 7) is 4.66. The van der Waals surface area contributed by atoms with Gasteiger partial charge in [0.05, 0.1) is 12.5 Å². The Morgan fingerprint density at radius 2 is 0.958 bits per heavy atom. The van der Waals surface area contributed by atoms with Crippen molar-refractivity contribution in [3.63, 3.8) is 0 Å². The van der Waals surface area contributed by atoms with Crippen LogP contribution < -0.4 is 0 Å². The monoisotopic (exact) mass is 670 g/mol. The van der Waals surface area contributed by atoms with Crippen LogP contribution in [-0.4, -0.2) is 49.7 Å². The second-order valence-corrected chi connectivity index (χ2v) is 13.8. The van der Waals surface area contributed by atoms with Gasteiger partial charge in [-0.2, -0.15) is 0 Å². The van der Waals surface area contributed by atoms with Gasteiger partial charge in [-0.25, -0.2) is 0 Å². The highest BCUT2D eigenvalue weighted by molar-refractivity contribution is 5.88. The number of allylic oxidation sites excluding steroid dienone is 8. The van der Waals surface area contributed by atoms with Crippen molar-refractivity contribution in [3.8, 4) is 0 Å². The lowest BCUT2D eigenvalue weighted by Gasteiger charge is -2.17. The minimum atomic E-state index is -0.521. The maximum atomic E-state index is 13.1. The van der Waals surface area contributed by atoms with Crippen molar-refractivity contribution in [1.29, 1.82) is 0 Å². The van der Waals surface area contributed by atoms with E-state index < -0.39 is 5.92 Å². The van der Waals surface area contributed by atoms with Crippen molar-refractivity contribution in [3.05, 3.63) is 48.6 Å². The van der Waals surface area contributed by atoms with Gasteiger partial charge in [0.15, 0.2) is 0 Å². The van der Waals surface area contributed by atoms with Gasteiger partial charge in [-0.3, -0.25) is 19.3 Å². The van der Waals surface area contributed by atoms with Crippen LogP contribution in [-0.2, 0) is 19.1 Å². The van der Waals surface area contributed by atoms with E-state index in [2.05, 4.69) is 62.5 Å². The second kappa shape index (κ2) is 36.0. The van der Waals surface area contributed by atoms with Crippen LogP contribution in [0.25, 0.3) is 0 Å². The Morgan fingerprint density at radius 1 is 0.542 bits per heavy atom. The minimum Gasteiger partial charge on any atom is -0.464 e. The number of rotatable bonds is 35. The average molecular weight is 670 g/mol. The van der Waals surface area contributed by atoms with Crippen LogP contribution >= 0.6 is 0 Å². The predicted molar refractivity (Wildman–Crippen MR) is 206 cm³/mol. The molecule has 0 N–H and O–H groups in total. The van der Waals surface area contributed by atoms with Gasteiger partial charge in [0.25, 0.3) is 0 Å². The first kappa shape index (κ1) is 45.7. The fraction of sp³-hybridized carbons (Fsp3) is 0.744. The fourth-order valence-electron chi connectivity index (χ4n) is 5.59. The van der Waals surface area contributed by atoms with Gasteiger partial charge < -0.3 is 4.74 Å². The standard InChI is InChI=1S/C43H75NO4/c1-5-7-9-11-13-15-17-19-21-23-25-27-29-31-33-35-41(45)37-40(39-48-43(47)38-44(3)4)42(46)36-34-32-30-28-26-24-22-20-18-16-14-12-10-8-6-2/h13-16,19-22,40H,5-12,17-18,23-39H2,1-4H3/b15-13-,16-14-,21-19-,22-20-. The van der Waals surface area contributed by atoms with Crippen molar-refractivity contribution in [2.24, 2.45) is 5.92 Å². The van der Waals surface area contributed by atoms with E-state index in [0.717, 1.165) is 64.2 Å². The number of hydrogen-bond acceptors (Lipinski definition) is 5. The van der Waals surface area contributed by atoms with Crippen LogP contribution in [0.5, 0.6) is 0 Å². The van der Waals surface area contributed by atoms with E-state index in [1.165, 1.54) is 77.0 Å². The summed E-state index contributed by atoms with van der Waals surface area (Å²) in [5.41, 5.74) is 0. The molecule has 0 rings (SSSR count). The van der Waals surface area contributed by atoms with Crippen LogP contribution in [0.3, 0.4) is 0 Å². The molecule has 1 atom stereocenters. The van der Waals surface area contributed by atoms with E-state index in [-0.39, 0.29) is 37.1 Å². The normalized spacial score (nSPS) is 12.8. The molecule has 5 nitrogen and oxygen atoms in total. The van der Waals surface area contributed by atoms with Crippen LogP contribution in [0, 0.1) is 5.92 Å². The number of carbonyl (C=O) groups is 3. The summed E-state index contributed by atoms with van der Waals surface area (Å²) in [7, 11) is 3.62. The SMILES string of the molecule is CCCCC/C=C\C/C=C\CCCCCCCC(=O)CC(COC(=O)CN(C)C)C(=O)CCCCCCC/C=C\C/C=C\CCCCC. The first-order valence-corrected chi connectivity index (χ1v) is 19.8. The summed E-state index contributed by atoms with van der Waals surface area (Å²) >= 11 is 0. The highest BCUT2D eigenvalue weighted by atomic mass is 16.5. The van der Waals surface area contributed by atoms with Gasteiger partial charge in [-0.1, -0.05) is 127 Å². The number of ketones is 2. The minimum absolute atomic E-state index is 0.0136. The summed E-state index contributed by atoms with van der Waals surface area (Å²) in [6, 6.07) is 0. The van der Waals surface area contributed by atoms with Crippen molar-refractivity contribution >= 4 is 17.5 Å². The molecule has 0 aliphatic carbocycles. The summed E-state index contributed by atoms with van der Waals surface area (Å²) in [4.78, 5) is 39.8. The molecule has 0 aliphatic rings. The summed E-state index contributed by atoms with van der Waals surface area (Å²) in [6.07, 6.45) is 44.6. The number of esters is 1. The lowest BCUT2D eigenvalue weighted by Crippen LogP contribution is -2.29. The van der Waals surface area contributed by atoms with E-state index in [4.69, 9.17) is 4.74 Å². The molecule has 276 valence electrons. The third-order valence-corrected chi connectivity index (χ3v) is 8.60. The molecule has 0 fully saturated rings. The molecule has 0 amide bonds. The quantitative estimate of drug-likeness (QED) is 0.0382. The number of nitrogens with zero attached hydrogens (tertiary/aromatic N) is 1. The Morgan fingerprint density at radius 3 is 1.42 bits per heavy atom. The van der Waals surface area contributed by atoms with Crippen LogP contribution in [0.1, 0.15) is 174 Å². The molecule has 0 spiro atoms. The van der Waals surface area contributed by atoms with Crippen molar-refractivity contribution in [2.45, 2.75) is 174 Å². The van der Waals surface area contributed by atoms with E-state index in [0.29, 0.717) is 12.8 Å². The van der Waals surface area contributed by atoms with Crippen LogP contribution in [0.15, 0.2) is 48.6 Å². The van der Waals surface area contributed by atoms with Crippen molar-refractivity contribution < 1.29 is 19.1 Å². The third-order valence-electron chi connectivity index (χ3n) is 8.60. The fourth-order valence-corrected chi connectivity index (χ4v) is 5.59. The summed E-state index contributed by atoms with van der Waals surface area (Å²) in [5.74, 6) is -0.696. The van der Waals surface area contributed by atoms with E-state index in [1.807, 2.05) is 14.1 Å². The van der Waals surface area contributed by atoms with Gasteiger partial charge in [0.2, 0.25) is 0 Å². The Labute approximate surface area is 297 Å². The highest BCUT2D eigenvalue weighted by Crippen LogP contribution is 2.17. The molecule has 0 aromatic heterocycles. The van der Waals surface area contributed by atoms with Crippen molar-refractivity contribution in [1.82, 2.24) is 4.90 Å². The lowest BCUT2D eigenvalue weighted by atomic mass is 9.92. The smallest absolute Gasteiger partial charge is 0.320 e. The number of hydrogen-bond donors (Lipinski definition) is 0. The number of likely N-dealkylation sites (N-methyl/N-ethyl adjacent to an activating group) is 1. The highest BCUT2D eigenvalue weighted by Gasteiger charge is 2.23. The lowest BCUT2D eigenvalue weighted by molar-refractivity contribution is -0.147. The zero-order valence-corrected chi connectivity index (χ0v) is 31.9. The molecule has 0 aromatic rings. The topological polar surface area (TPSA) is 63.7 Å². The Bertz CT molecular complexity index is 885. The molecule has 0 aliphatic heterocycles. The molecule has 0 heterocycles. The van der Waals surface area contributed by atoms with Crippen LogP contribution in [0.2, 0.25) is 0 Å². The molecule has 0 saturated heterocycles. The average Bonchev–Trinajstić information content (AvgIpc) is 3.06. The van der Waals surface area contributed by atoms with E-state index in [1.54, 1.807) is 4.90 Å². The Balaban J connectivity index is 4.22.